The molecular formula is C9H9ClNO4S-. The Bertz CT molecular complexity index is 438. The molecule has 0 aliphatic rings. The molecule has 88 valence electrons. The van der Waals surface area contributed by atoms with Crippen LogP contribution in [0, 0.1) is 0 Å². The Labute approximate surface area is 99.9 Å². The van der Waals surface area contributed by atoms with Crippen LogP contribution in [0.3, 0.4) is 0 Å². The maximum atomic E-state index is 10.7. The second kappa shape index (κ2) is 5.29. The number of benzene rings is 1. The topological polar surface area (TPSA) is 80.7 Å². The molecule has 0 radical (unpaired) electrons. The molecule has 0 aliphatic carbocycles. The van der Waals surface area contributed by atoms with Crippen LogP contribution in [0.15, 0.2) is 18.2 Å². The van der Waals surface area contributed by atoms with E-state index in [1.807, 2.05) is 0 Å². The molecule has 0 heterocycles. The van der Waals surface area contributed by atoms with Gasteiger partial charge < -0.3 is 14.6 Å². The summed E-state index contributed by atoms with van der Waals surface area (Å²) in [6.45, 7) is 0. The van der Waals surface area contributed by atoms with Gasteiger partial charge >= 0.3 is 5.97 Å². The Morgan fingerprint density at radius 2 is 2.25 bits per heavy atom. The number of rotatable bonds is 4. The molecule has 0 amide bonds. The van der Waals surface area contributed by atoms with E-state index in [0.29, 0.717) is 5.69 Å². The van der Waals surface area contributed by atoms with Crippen LogP contribution in [0.5, 0.6) is 0 Å². The predicted molar refractivity (Wildman–Crippen MR) is 60.6 cm³/mol. The Morgan fingerprint density at radius 3 is 2.69 bits per heavy atom. The van der Waals surface area contributed by atoms with Crippen molar-refractivity contribution in [2.45, 2.75) is 0 Å². The third-order valence-corrected chi connectivity index (χ3v) is 2.83. The number of halogens is 1. The highest BCUT2D eigenvalue weighted by Gasteiger charge is 2.10. The summed E-state index contributed by atoms with van der Waals surface area (Å²) in [5, 5.41) is 8.82. The van der Waals surface area contributed by atoms with Gasteiger partial charge in [-0.15, -0.1) is 0 Å². The summed E-state index contributed by atoms with van der Waals surface area (Å²) in [7, 11) is 1.57. The highest BCUT2D eigenvalue weighted by atomic mass is 35.5. The first-order valence-corrected chi connectivity index (χ1v) is 5.84. The average Bonchev–Trinajstić information content (AvgIpc) is 2.15. The summed E-state index contributed by atoms with van der Waals surface area (Å²) in [6.07, 6.45) is 0. The molecule has 0 aromatic heterocycles. The fraction of sp³-hybridized carbons (Fsp3) is 0.222. The molecule has 0 saturated heterocycles. The number of carbonyl (C=O) groups is 1. The van der Waals surface area contributed by atoms with Crippen LogP contribution in [0.1, 0.15) is 10.4 Å². The molecule has 1 aromatic carbocycles. The number of aromatic carboxylic acids is 1. The average molecular weight is 263 g/mol. The standard InChI is InChI=1S/C9H10ClNO4S/c1-11(5-16(14)15)6-2-3-7(9(12)13)8(10)4-6/h2-4H,5H2,1H3,(H,12,13)(H,14,15)/p-1. The molecule has 0 fully saturated rings. The summed E-state index contributed by atoms with van der Waals surface area (Å²) in [5.41, 5.74) is 0.529. The third-order valence-electron chi connectivity index (χ3n) is 1.92. The minimum atomic E-state index is -2.20. The van der Waals surface area contributed by atoms with Crippen LogP contribution in [0.2, 0.25) is 5.02 Å². The third kappa shape index (κ3) is 3.19. The van der Waals surface area contributed by atoms with Crippen LogP contribution >= 0.6 is 11.6 Å². The first-order chi connectivity index (χ1) is 7.41. The fourth-order valence-corrected chi connectivity index (χ4v) is 1.87. The number of hydrogen-bond acceptors (Lipinski definition) is 4. The zero-order valence-electron chi connectivity index (χ0n) is 8.34. The molecular weight excluding hydrogens is 254 g/mol. The van der Waals surface area contributed by atoms with Gasteiger partial charge in [-0.3, -0.25) is 4.21 Å². The molecule has 1 atom stereocenters. The molecule has 16 heavy (non-hydrogen) atoms. The van der Waals surface area contributed by atoms with Crippen molar-refractivity contribution in [3.63, 3.8) is 0 Å². The van der Waals surface area contributed by atoms with Crippen molar-refractivity contribution in [3.05, 3.63) is 28.8 Å². The molecule has 7 heteroatoms. The lowest BCUT2D eigenvalue weighted by atomic mass is 10.2. The molecule has 0 spiro atoms. The zero-order valence-corrected chi connectivity index (χ0v) is 9.92. The minimum Gasteiger partial charge on any atom is -0.771 e. The Hall–Kier alpha value is -1.11. The molecule has 0 saturated carbocycles. The molecule has 1 N–H and O–H groups in total. The molecule has 0 bridgehead atoms. The first kappa shape index (κ1) is 13.0. The van der Waals surface area contributed by atoms with Gasteiger partial charge in [-0.1, -0.05) is 11.6 Å². The van der Waals surface area contributed by atoms with E-state index >= 15 is 0 Å². The van der Waals surface area contributed by atoms with Crippen molar-refractivity contribution in [3.8, 4) is 0 Å². The lowest BCUT2D eigenvalue weighted by Crippen LogP contribution is -2.21. The van der Waals surface area contributed by atoms with Gasteiger partial charge in [0.15, 0.2) is 0 Å². The first-order valence-electron chi connectivity index (χ1n) is 4.21. The van der Waals surface area contributed by atoms with Crippen molar-refractivity contribution in [1.82, 2.24) is 0 Å². The lowest BCUT2D eigenvalue weighted by Gasteiger charge is -2.20. The highest BCUT2D eigenvalue weighted by molar-refractivity contribution is 7.79. The van der Waals surface area contributed by atoms with Crippen LogP contribution in [-0.4, -0.2) is 32.8 Å². The summed E-state index contributed by atoms with van der Waals surface area (Å²) in [4.78, 5) is 12.1. The molecule has 0 aliphatic heterocycles. The SMILES string of the molecule is CN(CS(=O)[O-])c1ccc(C(=O)O)c(Cl)c1. The maximum Gasteiger partial charge on any atom is 0.337 e. The van der Waals surface area contributed by atoms with Crippen molar-refractivity contribution in [2.75, 3.05) is 17.8 Å². The van der Waals surface area contributed by atoms with Gasteiger partial charge in [-0.25, -0.2) is 4.79 Å². The van der Waals surface area contributed by atoms with Crippen molar-refractivity contribution in [1.29, 1.82) is 0 Å². The summed E-state index contributed by atoms with van der Waals surface area (Å²) >= 11 is 3.54. The Balaban J connectivity index is 2.96. The van der Waals surface area contributed by atoms with E-state index in [2.05, 4.69) is 0 Å². The normalized spacial score (nSPS) is 12.2. The molecule has 5 nitrogen and oxygen atoms in total. The second-order valence-corrected chi connectivity index (χ2v) is 4.37. The van der Waals surface area contributed by atoms with Crippen molar-refractivity contribution < 1.29 is 18.7 Å². The number of hydrogen-bond donors (Lipinski definition) is 1. The number of carboxylic acids is 1. The van der Waals surface area contributed by atoms with Crippen LogP contribution in [0.25, 0.3) is 0 Å². The van der Waals surface area contributed by atoms with Crippen LogP contribution < -0.4 is 4.90 Å². The summed E-state index contributed by atoms with van der Waals surface area (Å²) in [6, 6.07) is 4.25. The van der Waals surface area contributed by atoms with Crippen LogP contribution in [-0.2, 0) is 11.1 Å². The Morgan fingerprint density at radius 1 is 1.62 bits per heavy atom. The second-order valence-electron chi connectivity index (χ2n) is 3.10. The molecule has 1 aromatic rings. The Kier molecular flexibility index (Phi) is 4.28. The lowest BCUT2D eigenvalue weighted by molar-refractivity contribution is 0.0697. The van der Waals surface area contributed by atoms with Crippen molar-refractivity contribution >= 4 is 34.3 Å². The van der Waals surface area contributed by atoms with Gasteiger partial charge in [-0.05, 0) is 29.3 Å². The van der Waals surface area contributed by atoms with E-state index in [1.165, 1.54) is 23.1 Å². The van der Waals surface area contributed by atoms with Gasteiger partial charge in [0.1, 0.15) is 0 Å². The maximum absolute atomic E-state index is 10.7. The smallest absolute Gasteiger partial charge is 0.337 e. The largest absolute Gasteiger partial charge is 0.771 e. The van der Waals surface area contributed by atoms with E-state index in [9.17, 15) is 13.6 Å². The molecule has 1 rings (SSSR count). The van der Waals surface area contributed by atoms with E-state index in [0.717, 1.165) is 0 Å². The zero-order chi connectivity index (χ0) is 12.3. The summed E-state index contributed by atoms with van der Waals surface area (Å²) < 4.78 is 20.9. The number of nitrogens with zero attached hydrogens (tertiary/aromatic N) is 1. The van der Waals surface area contributed by atoms with Gasteiger partial charge in [-0.2, -0.15) is 0 Å². The number of anilines is 1. The minimum absolute atomic E-state index is 0.0120. The number of carboxylic acid groups (broad SMARTS) is 1. The monoisotopic (exact) mass is 262 g/mol. The predicted octanol–water partition coefficient (Wildman–Crippen LogP) is 1.31. The van der Waals surface area contributed by atoms with E-state index in [4.69, 9.17) is 16.7 Å². The van der Waals surface area contributed by atoms with Crippen molar-refractivity contribution in [2.24, 2.45) is 0 Å². The van der Waals surface area contributed by atoms with E-state index in [-0.39, 0.29) is 16.5 Å². The van der Waals surface area contributed by atoms with Gasteiger partial charge in [0.05, 0.1) is 16.5 Å². The summed E-state index contributed by atoms with van der Waals surface area (Å²) in [5.74, 6) is -1.30. The van der Waals surface area contributed by atoms with E-state index in [1.54, 1.807) is 7.05 Å². The van der Waals surface area contributed by atoms with Gasteiger partial charge in [0, 0.05) is 12.7 Å². The van der Waals surface area contributed by atoms with Crippen LogP contribution in [0.4, 0.5) is 5.69 Å². The van der Waals surface area contributed by atoms with Gasteiger partial charge in [0.25, 0.3) is 0 Å². The van der Waals surface area contributed by atoms with Gasteiger partial charge in [0.2, 0.25) is 0 Å². The highest BCUT2D eigenvalue weighted by Crippen LogP contribution is 2.23. The fourth-order valence-electron chi connectivity index (χ4n) is 1.15. The molecule has 1 unspecified atom stereocenters. The van der Waals surface area contributed by atoms with E-state index < -0.39 is 17.0 Å². The quantitative estimate of drug-likeness (QED) is 0.828.